The molecule has 0 atom stereocenters. The van der Waals surface area contributed by atoms with Crippen molar-refractivity contribution in [2.24, 2.45) is 0 Å². The van der Waals surface area contributed by atoms with Gasteiger partial charge in [-0.2, -0.15) is 23.2 Å². The van der Waals surface area contributed by atoms with Gasteiger partial charge in [-0.3, -0.25) is 9.20 Å². The first-order valence-electron chi connectivity index (χ1n) is 12.2. The molecule has 0 radical (unpaired) electrons. The van der Waals surface area contributed by atoms with E-state index in [4.69, 9.17) is 4.74 Å². The summed E-state index contributed by atoms with van der Waals surface area (Å²) in [6, 6.07) is 3.42. The molecule has 3 aromatic heterocycles. The Labute approximate surface area is 231 Å². The summed E-state index contributed by atoms with van der Waals surface area (Å²) in [5, 5.41) is 15.0. The number of piperazine rings is 1. The number of rotatable bonds is 7. The monoisotopic (exact) mass is 598 g/mol. The third kappa shape index (κ3) is 5.11. The van der Waals surface area contributed by atoms with E-state index in [0.717, 1.165) is 0 Å². The van der Waals surface area contributed by atoms with Gasteiger partial charge < -0.3 is 14.5 Å². The first-order valence-corrected chi connectivity index (χ1v) is 14.5. The predicted octanol–water partition coefficient (Wildman–Crippen LogP) is 2.28. The van der Waals surface area contributed by atoms with E-state index < -0.39 is 32.3 Å². The summed E-state index contributed by atoms with van der Waals surface area (Å²) in [7, 11) is -2.75. The van der Waals surface area contributed by atoms with Crippen LogP contribution in [0, 0.1) is 11.3 Å². The molecule has 17 heteroatoms. The second kappa shape index (κ2) is 9.65. The zero-order valence-electron chi connectivity index (χ0n) is 21.7. The average Bonchev–Trinajstić information content (AvgIpc) is 3.28. The number of nitriles is 1. The van der Waals surface area contributed by atoms with E-state index in [-0.39, 0.29) is 21.6 Å². The largest absolute Gasteiger partial charge is 0.445 e. The highest BCUT2D eigenvalue weighted by atomic mass is 32.2. The van der Waals surface area contributed by atoms with Crippen LogP contribution in [0.5, 0.6) is 0 Å². The molecular weight excluding hydrogens is 573 g/mol. The van der Waals surface area contributed by atoms with Gasteiger partial charge in [0.15, 0.2) is 10.8 Å². The molecule has 4 heterocycles. The highest BCUT2D eigenvalue weighted by Gasteiger charge is 2.47. The molecule has 1 saturated heterocycles. The number of fused-ring (bicyclic) bond motifs is 1. The standard InChI is InChI=1S/C23H25F3N8O4S2/c1-21(2,38-3)20(35)33-8-6-32(7-9-33)15-10-14(40(36,37)31-22(13-27)4-5-22)12-34-16(15)11-28-17(34)18-29-30-19(39-18)23(24,25)26/h10-12,31H,4-9H2,1-3H3. The topological polar surface area (TPSA) is 146 Å². The van der Waals surface area contributed by atoms with Crippen molar-refractivity contribution in [1.29, 1.82) is 5.26 Å². The number of hydrogen-bond acceptors (Lipinski definition) is 10. The number of amides is 1. The maximum Gasteiger partial charge on any atom is 0.445 e. The van der Waals surface area contributed by atoms with E-state index in [9.17, 15) is 31.6 Å². The summed E-state index contributed by atoms with van der Waals surface area (Å²) >= 11 is 0.290. The number of halogens is 3. The molecule has 1 N–H and O–H groups in total. The molecule has 3 aromatic rings. The molecule has 0 aromatic carbocycles. The number of nitrogens with zero attached hydrogens (tertiary/aromatic N) is 7. The van der Waals surface area contributed by atoms with E-state index in [1.807, 2.05) is 11.0 Å². The highest BCUT2D eigenvalue weighted by molar-refractivity contribution is 7.89. The number of alkyl halides is 3. The number of ether oxygens (including phenoxy) is 1. The van der Waals surface area contributed by atoms with Crippen molar-refractivity contribution < 1.29 is 31.1 Å². The second-order valence-corrected chi connectivity index (χ2v) is 12.8. The lowest BCUT2D eigenvalue weighted by molar-refractivity contribution is -0.151. The summed E-state index contributed by atoms with van der Waals surface area (Å²) < 4.78 is 75.4. The number of methoxy groups -OCH3 is 1. The molecular formula is C23H25F3N8O4S2. The van der Waals surface area contributed by atoms with E-state index >= 15 is 0 Å². The molecule has 0 spiro atoms. The molecule has 2 aliphatic rings. The summed E-state index contributed by atoms with van der Waals surface area (Å²) in [4.78, 5) is 20.4. The Morgan fingerprint density at radius 1 is 1.20 bits per heavy atom. The fourth-order valence-electron chi connectivity index (χ4n) is 4.34. The van der Waals surface area contributed by atoms with Crippen molar-refractivity contribution in [3.05, 3.63) is 23.5 Å². The lowest BCUT2D eigenvalue weighted by Gasteiger charge is -2.39. The van der Waals surface area contributed by atoms with Crippen LogP contribution in [0.2, 0.25) is 0 Å². The lowest BCUT2D eigenvalue weighted by Crippen LogP contribution is -2.54. The van der Waals surface area contributed by atoms with Crippen molar-refractivity contribution in [1.82, 2.24) is 29.2 Å². The fraction of sp³-hybridized carbons (Fsp3) is 0.522. The Hall–Kier alpha value is -3.33. The van der Waals surface area contributed by atoms with Crippen molar-refractivity contribution in [2.45, 2.75) is 48.9 Å². The van der Waals surface area contributed by atoms with Crippen LogP contribution in [0.3, 0.4) is 0 Å². The van der Waals surface area contributed by atoms with Crippen LogP contribution in [0.25, 0.3) is 16.3 Å². The van der Waals surface area contributed by atoms with Gasteiger partial charge in [0.05, 0.1) is 23.5 Å². The number of aromatic nitrogens is 4. The number of carbonyl (C=O) groups excluding carboxylic acids is 1. The Balaban J connectivity index is 1.55. The van der Waals surface area contributed by atoms with Gasteiger partial charge in [-0.05, 0) is 32.8 Å². The highest BCUT2D eigenvalue weighted by Crippen LogP contribution is 2.38. The minimum atomic E-state index is -4.70. The van der Waals surface area contributed by atoms with Crippen LogP contribution in [0.4, 0.5) is 18.9 Å². The number of carbonyl (C=O) groups is 1. The quantitative estimate of drug-likeness (QED) is 0.433. The van der Waals surface area contributed by atoms with Crippen LogP contribution >= 0.6 is 11.3 Å². The number of sulfonamides is 1. The first-order chi connectivity index (χ1) is 18.7. The van der Waals surface area contributed by atoms with Gasteiger partial charge >= 0.3 is 6.18 Å². The third-order valence-corrected chi connectivity index (χ3v) is 9.46. The molecule has 1 aliphatic carbocycles. The van der Waals surface area contributed by atoms with E-state index in [1.54, 1.807) is 18.7 Å². The van der Waals surface area contributed by atoms with Crippen LogP contribution in [-0.2, 0) is 25.7 Å². The number of hydrogen-bond donors (Lipinski definition) is 1. The molecule has 0 unspecified atom stereocenters. The van der Waals surface area contributed by atoms with Crippen LogP contribution < -0.4 is 9.62 Å². The minimum absolute atomic E-state index is 0.0154. The number of nitrogens with one attached hydrogen (secondary N) is 1. The molecule has 5 rings (SSSR count). The molecule has 1 aliphatic heterocycles. The van der Waals surface area contributed by atoms with Crippen molar-refractivity contribution in [2.75, 3.05) is 38.2 Å². The van der Waals surface area contributed by atoms with Crippen molar-refractivity contribution >= 4 is 38.5 Å². The summed E-state index contributed by atoms with van der Waals surface area (Å²) in [5.74, 6) is -0.201. The Morgan fingerprint density at radius 3 is 2.42 bits per heavy atom. The number of imidazole rings is 1. The second-order valence-electron chi connectivity index (χ2n) is 10.1. The van der Waals surface area contributed by atoms with Crippen LogP contribution in [0.1, 0.15) is 31.7 Å². The van der Waals surface area contributed by atoms with Gasteiger partial charge in [0.1, 0.15) is 16.0 Å². The van der Waals surface area contributed by atoms with Crippen molar-refractivity contribution in [3.8, 4) is 16.9 Å². The summed E-state index contributed by atoms with van der Waals surface area (Å²) in [6.07, 6.45) is -1.30. The first kappa shape index (κ1) is 28.2. The van der Waals surface area contributed by atoms with Gasteiger partial charge in [-0.25, -0.2) is 13.4 Å². The van der Waals surface area contributed by atoms with Gasteiger partial charge in [0, 0.05) is 39.5 Å². The van der Waals surface area contributed by atoms with Gasteiger partial charge in [0.2, 0.25) is 15.0 Å². The van der Waals surface area contributed by atoms with Gasteiger partial charge in [0.25, 0.3) is 5.91 Å². The van der Waals surface area contributed by atoms with E-state index in [1.165, 1.54) is 30.0 Å². The fourth-order valence-corrected chi connectivity index (χ4v) is 6.43. The van der Waals surface area contributed by atoms with Crippen LogP contribution in [0.15, 0.2) is 23.4 Å². The predicted molar refractivity (Wildman–Crippen MR) is 137 cm³/mol. The van der Waals surface area contributed by atoms with Gasteiger partial charge in [-0.15, -0.1) is 10.2 Å². The number of pyridine rings is 1. The van der Waals surface area contributed by atoms with E-state index in [2.05, 4.69) is 19.9 Å². The summed E-state index contributed by atoms with van der Waals surface area (Å²) in [6.45, 7) is 4.70. The van der Waals surface area contributed by atoms with Crippen molar-refractivity contribution in [3.63, 3.8) is 0 Å². The van der Waals surface area contributed by atoms with Gasteiger partial charge in [-0.1, -0.05) is 11.3 Å². The Morgan fingerprint density at radius 2 is 1.88 bits per heavy atom. The smallest absolute Gasteiger partial charge is 0.369 e. The number of anilines is 1. The SMILES string of the molecule is COC(C)(C)C(=O)N1CCN(c2cc(S(=O)(=O)NC3(C#N)CC3)cn3c(-c4nnc(C(F)(F)F)s4)ncc23)CC1. The van der Waals surface area contributed by atoms with Crippen LogP contribution in [-0.4, -0.2) is 83.2 Å². The average molecular weight is 599 g/mol. The Bertz CT molecular complexity index is 1610. The minimum Gasteiger partial charge on any atom is -0.369 e. The Kier molecular flexibility index (Phi) is 6.80. The molecule has 1 saturated carbocycles. The zero-order valence-corrected chi connectivity index (χ0v) is 23.3. The molecule has 1 amide bonds. The maximum atomic E-state index is 13.4. The normalized spacial score (nSPS) is 17.7. The summed E-state index contributed by atoms with van der Waals surface area (Å²) in [5.41, 5.74) is -1.32. The third-order valence-electron chi connectivity index (χ3n) is 6.99. The maximum absolute atomic E-state index is 13.4. The molecule has 0 bridgehead atoms. The molecule has 40 heavy (non-hydrogen) atoms. The molecule has 12 nitrogen and oxygen atoms in total. The van der Waals surface area contributed by atoms with E-state index in [0.29, 0.717) is 61.6 Å². The molecule has 214 valence electrons. The molecule has 2 fully saturated rings. The zero-order chi connectivity index (χ0) is 29.1. The lowest BCUT2D eigenvalue weighted by atomic mass is 10.1.